The van der Waals surface area contributed by atoms with Gasteiger partial charge >= 0.3 is 0 Å². The molecule has 1 aromatic rings. The van der Waals surface area contributed by atoms with Gasteiger partial charge < -0.3 is 14.4 Å². The fourth-order valence-electron chi connectivity index (χ4n) is 2.83. The molecule has 0 radical (unpaired) electrons. The van der Waals surface area contributed by atoms with Crippen LogP contribution in [0.3, 0.4) is 0 Å². The van der Waals surface area contributed by atoms with Crippen molar-refractivity contribution in [3.8, 4) is 0 Å². The number of methoxy groups -OCH3 is 1. The number of aliphatic hydroxyl groups is 1. The third-order valence-electron chi connectivity index (χ3n) is 4.22. The lowest BCUT2D eigenvalue weighted by Crippen LogP contribution is -2.20. The Morgan fingerprint density at radius 1 is 1.30 bits per heavy atom. The Balaban J connectivity index is 2.01. The van der Waals surface area contributed by atoms with Gasteiger partial charge in [-0.15, -0.1) is 0 Å². The van der Waals surface area contributed by atoms with Crippen molar-refractivity contribution < 1.29 is 14.4 Å². The summed E-state index contributed by atoms with van der Waals surface area (Å²) in [5.74, 6) is 1.79. The first kappa shape index (κ1) is 15.4. The quantitative estimate of drug-likeness (QED) is 0.869. The molecule has 2 unspecified atom stereocenters. The number of aliphatic hydroxyl groups excluding tert-OH is 1. The molecule has 20 heavy (non-hydrogen) atoms. The molecule has 0 saturated heterocycles. The van der Waals surface area contributed by atoms with Crippen molar-refractivity contribution in [1.29, 1.82) is 0 Å². The first-order valence-corrected chi connectivity index (χ1v) is 7.65. The molecular formula is C15H26N2O3. The van der Waals surface area contributed by atoms with Gasteiger partial charge in [0.2, 0.25) is 11.7 Å². The minimum Gasteiger partial charge on any atom is -0.392 e. The molecule has 0 spiro atoms. The molecule has 2 atom stereocenters. The average Bonchev–Trinajstić information content (AvgIpc) is 2.89. The van der Waals surface area contributed by atoms with Crippen LogP contribution in [0.2, 0.25) is 0 Å². The molecule has 2 rings (SSSR count). The standard InChI is InChI=1S/C15H26N2O3/c1-10(2)12(18)9-13-16-15(17-20-13)14(19-3)11-7-5-4-6-8-11/h10-12,14,18H,4-9H2,1-3H3. The number of hydrogen-bond donors (Lipinski definition) is 1. The summed E-state index contributed by atoms with van der Waals surface area (Å²) in [5.41, 5.74) is 0. The van der Waals surface area contributed by atoms with E-state index in [-0.39, 0.29) is 12.0 Å². The number of nitrogens with zero attached hydrogens (tertiary/aromatic N) is 2. The summed E-state index contributed by atoms with van der Waals surface area (Å²) in [7, 11) is 1.71. The largest absolute Gasteiger partial charge is 0.392 e. The Hall–Kier alpha value is -0.940. The van der Waals surface area contributed by atoms with Crippen molar-refractivity contribution in [2.75, 3.05) is 7.11 Å². The zero-order chi connectivity index (χ0) is 14.5. The van der Waals surface area contributed by atoms with Crippen molar-refractivity contribution >= 4 is 0 Å². The molecule has 1 heterocycles. The summed E-state index contributed by atoms with van der Waals surface area (Å²) in [5, 5.41) is 13.9. The lowest BCUT2D eigenvalue weighted by molar-refractivity contribution is 0.0273. The van der Waals surface area contributed by atoms with Gasteiger partial charge in [0.1, 0.15) is 6.10 Å². The highest BCUT2D eigenvalue weighted by molar-refractivity contribution is 4.96. The summed E-state index contributed by atoms with van der Waals surface area (Å²) < 4.78 is 10.9. The van der Waals surface area contributed by atoms with Crippen LogP contribution in [0, 0.1) is 11.8 Å². The van der Waals surface area contributed by atoms with E-state index in [1.807, 2.05) is 13.8 Å². The van der Waals surface area contributed by atoms with E-state index in [0.29, 0.717) is 24.1 Å². The van der Waals surface area contributed by atoms with Gasteiger partial charge in [-0.3, -0.25) is 0 Å². The Kier molecular flexibility index (Phi) is 5.54. The Labute approximate surface area is 120 Å². The second kappa shape index (κ2) is 7.18. The van der Waals surface area contributed by atoms with Crippen LogP contribution in [0.1, 0.15) is 63.8 Å². The van der Waals surface area contributed by atoms with Crippen LogP contribution in [0.5, 0.6) is 0 Å². The second-order valence-electron chi connectivity index (χ2n) is 6.12. The van der Waals surface area contributed by atoms with Crippen molar-refractivity contribution in [3.05, 3.63) is 11.7 Å². The molecule has 0 aromatic carbocycles. The van der Waals surface area contributed by atoms with Crippen LogP contribution in [0.25, 0.3) is 0 Å². The van der Waals surface area contributed by atoms with Gasteiger partial charge in [-0.25, -0.2) is 0 Å². The summed E-state index contributed by atoms with van der Waals surface area (Å²) in [6, 6.07) is 0. The predicted molar refractivity (Wildman–Crippen MR) is 75.2 cm³/mol. The number of hydrogen-bond acceptors (Lipinski definition) is 5. The van der Waals surface area contributed by atoms with Gasteiger partial charge in [-0.1, -0.05) is 38.3 Å². The van der Waals surface area contributed by atoms with E-state index in [4.69, 9.17) is 9.26 Å². The number of ether oxygens (including phenoxy) is 1. The van der Waals surface area contributed by atoms with Crippen LogP contribution in [0.4, 0.5) is 0 Å². The number of rotatable bonds is 6. The van der Waals surface area contributed by atoms with Crippen molar-refractivity contribution in [1.82, 2.24) is 10.1 Å². The fourth-order valence-corrected chi connectivity index (χ4v) is 2.83. The SMILES string of the molecule is COC(c1noc(CC(O)C(C)C)n1)C1CCCCC1. The topological polar surface area (TPSA) is 68.4 Å². The summed E-state index contributed by atoms with van der Waals surface area (Å²) in [4.78, 5) is 4.42. The van der Waals surface area contributed by atoms with Crippen LogP contribution in [0.15, 0.2) is 4.52 Å². The highest BCUT2D eigenvalue weighted by atomic mass is 16.5. The Morgan fingerprint density at radius 2 is 2.00 bits per heavy atom. The van der Waals surface area contributed by atoms with Crippen LogP contribution in [-0.4, -0.2) is 28.5 Å². The van der Waals surface area contributed by atoms with Gasteiger partial charge in [0, 0.05) is 7.11 Å². The minimum atomic E-state index is -0.445. The maximum absolute atomic E-state index is 9.87. The van der Waals surface area contributed by atoms with E-state index >= 15 is 0 Å². The average molecular weight is 282 g/mol. The Bertz CT molecular complexity index is 400. The maximum Gasteiger partial charge on any atom is 0.229 e. The monoisotopic (exact) mass is 282 g/mol. The van der Waals surface area contributed by atoms with E-state index in [0.717, 1.165) is 12.8 Å². The lowest BCUT2D eigenvalue weighted by atomic mass is 9.85. The summed E-state index contributed by atoms with van der Waals surface area (Å²) >= 11 is 0. The second-order valence-corrected chi connectivity index (χ2v) is 6.12. The molecule has 1 aliphatic rings. The molecule has 1 fully saturated rings. The smallest absolute Gasteiger partial charge is 0.229 e. The fraction of sp³-hybridized carbons (Fsp3) is 0.867. The highest BCUT2D eigenvalue weighted by Crippen LogP contribution is 2.35. The molecule has 0 aliphatic heterocycles. The van der Waals surface area contributed by atoms with E-state index in [1.165, 1.54) is 19.3 Å². The van der Waals surface area contributed by atoms with Gasteiger partial charge in [0.05, 0.1) is 12.5 Å². The lowest BCUT2D eigenvalue weighted by Gasteiger charge is -2.26. The molecule has 1 saturated carbocycles. The number of aromatic nitrogens is 2. The molecule has 0 bridgehead atoms. The van der Waals surface area contributed by atoms with E-state index in [1.54, 1.807) is 7.11 Å². The maximum atomic E-state index is 9.87. The summed E-state index contributed by atoms with van der Waals surface area (Å²) in [6.45, 7) is 3.95. The molecule has 114 valence electrons. The molecular weight excluding hydrogens is 256 g/mol. The molecule has 5 nitrogen and oxygen atoms in total. The van der Waals surface area contributed by atoms with E-state index in [9.17, 15) is 5.11 Å². The Morgan fingerprint density at radius 3 is 2.60 bits per heavy atom. The van der Waals surface area contributed by atoms with Gasteiger partial charge in [-0.2, -0.15) is 4.98 Å². The predicted octanol–water partition coefficient (Wildman–Crippen LogP) is 2.90. The van der Waals surface area contributed by atoms with Crippen LogP contribution < -0.4 is 0 Å². The normalized spacial score (nSPS) is 20.2. The van der Waals surface area contributed by atoms with E-state index < -0.39 is 6.10 Å². The zero-order valence-corrected chi connectivity index (χ0v) is 12.7. The molecule has 5 heteroatoms. The first-order chi connectivity index (χ1) is 9.61. The zero-order valence-electron chi connectivity index (χ0n) is 12.7. The minimum absolute atomic E-state index is 0.0796. The molecule has 1 aromatic heterocycles. The first-order valence-electron chi connectivity index (χ1n) is 7.65. The van der Waals surface area contributed by atoms with Gasteiger partial charge in [0.15, 0.2) is 0 Å². The third-order valence-corrected chi connectivity index (χ3v) is 4.22. The van der Waals surface area contributed by atoms with Crippen LogP contribution >= 0.6 is 0 Å². The molecule has 0 amide bonds. The summed E-state index contributed by atoms with van der Waals surface area (Å²) in [6.07, 6.45) is 6.02. The van der Waals surface area contributed by atoms with Gasteiger partial charge in [0.25, 0.3) is 0 Å². The van der Waals surface area contributed by atoms with Crippen LogP contribution in [-0.2, 0) is 11.2 Å². The van der Waals surface area contributed by atoms with Gasteiger partial charge in [-0.05, 0) is 24.7 Å². The molecule has 1 aliphatic carbocycles. The molecule has 1 N–H and O–H groups in total. The van der Waals surface area contributed by atoms with Crippen molar-refractivity contribution in [3.63, 3.8) is 0 Å². The third kappa shape index (κ3) is 3.79. The van der Waals surface area contributed by atoms with E-state index in [2.05, 4.69) is 10.1 Å². The van der Waals surface area contributed by atoms with Crippen molar-refractivity contribution in [2.24, 2.45) is 11.8 Å². The van der Waals surface area contributed by atoms with Crippen molar-refractivity contribution in [2.45, 2.75) is 64.6 Å². The highest BCUT2D eigenvalue weighted by Gasteiger charge is 2.29.